The molecule has 3 fully saturated rings. The van der Waals surface area contributed by atoms with Crippen molar-refractivity contribution in [2.75, 3.05) is 18.4 Å². The van der Waals surface area contributed by atoms with Gasteiger partial charge in [-0.3, -0.25) is 14.8 Å². The Labute approximate surface area is 164 Å². The lowest BCUT2D eigenvalue weighted by molar-refractivity contribution is -0.128. The Bertz CT molecular complexity index is 915. The largest absolute Gasteiger partial charge is 0.341 e. The molecule has 1 spiro atoms. The lowest BCUT2D eigenvalue weighted by Crippen LogP contribution is -2.63. The monoisotopic (exact) mass is 379 g/mol. The van der Waals surface area contributed by atoms with E-state index >= 15 is 0 Å². The summed E-state index contributed by atoms with van der Waals surface area (Å²) in [5.41, 5.74) is 8.23. The molecule has 4 aliphatic rings. The molecule has 1 aliphatic carbocycles. The number of nitrogens with two attached hydrogens (primary N) is 1. The van der Waals surface area contributed by atoms with Gasteiger partial charge in [0.15, 0.2) is 11.6 Å². The van der Waals surface area contributed by atoms with Crippen molar-refractivity contribution in [1.82, 2.24) is 20.5 Å². The van der Waals surface area contributed by atoms with Crippen molar-refractivity contribution < 1.29 is 4.79 Å². The number of rotatable bonds is 5. The number of carbonyl (C=O) groups excluding carboxylic acids is 1. The van der Waals surface area contributed by atoms with Crippen LogP contribution < -0.4 is 21.7 Å². The van der Waals surface area contributed by atoms with E-state index in [4.69, 9.17) is 10.7 Å². The van der Waals surface area contributed by atoms with E-state index in [-0.39, 0.29) is 11.4 Å². The third kappa shape index (κ3) is 2.67. The van der Waals surface area contributed by atoms with Gasteiger partial charge >= 0.3 is 0 Å². The number of anilines is 1. The highest BCUT2D eigenvalue weighted by Crippen LogP contribution is 2.50. The quantitative estimate of drug-likeness (QED) is 0.451. The molecule has 146 valence electrons. The van der Waals surface area contributed by atoms with Gasteiger partial charge in [-0.25, -0.2) is 0 Å². The molecule has 0 aromatic carbocycles. The number of nitrogens with zero attached hydrogens (tertiary/aromatic N) is 3. The van der Waals surface area contributed by atoms with Crippen LogP contribution in [-0.2, 0) is 4.79 Å². The zero-order valence-corrected chi connectivity index (χ0v) is 15.8. The fourth-order valence-corrected chi connectivity index (χ4v) is 4.41. The van der Waals surface area contributed by atoms with Crippen molar-refractivity contribution in [3.63, 3.8) is 0 Å². The molecule has 4 heterocycles. The zero-order valence-electron chi connectivity index (χ0n) is 15.8. The van der Waals surface area contributed by atoms with Crippen molar-refractivity contribution in [3.05, 3.63) is 42.0 Å². The first-order chi connectivity index (χ1) is 13.5. The van der Waals surface area contributed by atoms with Gasteiger partial charge < -0.3 is 26.6 Å². The van der Waals surface area contributed by atoms with Gasteiger partial charge in [0.05, 0.1) is 18.8 Å². The summed E-state index contributed by atoms with van der Waals surface area (Å²) >= 11 is 0. The summed E-state index contributed by atoms with van der Waals surface area (Å²) in [4.78, 5) is 23.2. The van der Waals surface area contributed by atoms with Crippen LogP contribution >= 0.6 is 0 Å². The molecule has 1 atom stereocenters. The van der Waals surface area contributed by atoms with Crippen LogP contribution in [0.4, 0.5) is 5.69 Å². The van der Waals surface area contributed by atoms with E-state index in [2.05, 4.69) is 27.5 Å². The summed E-state index contributed by atoms with van der Waals surface area (Å²) in [6.45, 7) is 5.00. The van der Waals surface area contributed by atoms with E-state index in [0.29, 0.717) is 24.9 Å². The maximum absolute atomic E-state index is 12.4. The predicted octanol–water partition coefficient (Wildman–Crippen LogP) is 1.11. The molecule has 5 rings (SSSR count). The van der Waals surface area contributed by atoms with Crippen LogP contribution in [0.25, 0.3) is 6.08 Å². The molecule has 1 aromatic heterocycles. The maximum atomic E-state index is 12.4. The number of amides is 1. The van der Waals surface area contributed by atoms with Gasteiger partial charge in [0, 0.05) is 17.4 Å². The van der Waals surface area contributed by atoms with Gasteiger partial charge in [-0.15, -0.1) is 0 Å². The Morgan fingerprint density at radius 3 is 2.96 bits per heavy atom. The first-order valence-corrected chi connectivity index (χ1v) is 9.84. The fraction of sp³-hybridized carbons (Fsp3) is 0.450. The standard InChI is InChI=1S/C20H25N7O/c1-2-13-10-14(6-9-22-13)24-16-15-17(28)27-12-20(15,27)26-18(25-16)23-11-19(21)7-4-3-5-8-19/h2,6,9-10H,1,3-5,7-8,11-12,21H2,(H,22,24)(H2,23,25,26). The molecular weight excluding hydrogens is 354 g/mol. The summed E-state index contributed by atoms with van der Waals surface area (Å²) in [5, 5.41) is 9.99. The highest BCUT2D eigenvalue weighted by molar-refractivity contribution is 6.12. The van der Waals surface area contributed by atoms with Crippen molar-refractivity contribution in [2.45, 2.75) is 43.3 Å². The van der Waals surface area contributed by atoms with Crippen LogP contribution in [0.5, 0.6) is 0 Å². The van der Waals surface area contributed by atoms with Gasteiger partial charge in [-0.05, 0) is 31.1 Å². The maximum Gasteiger partial charge on any atom is 0.260 e. The highest BCUT2D eigenvalue weighted by Gasteiger charge is 2.73. The van der Waals surface area contributed by atoms with E-state index in [1.165, 1.54) is 19.3 Å². The second-order valence-corrected chi connectivity index (χ2v) is 8.14. The molecule has 2 saturated heterocycles. The predicted molar refractivity (Wildman–Crippen MR) is 108 cm³/mol. The zero-order chi connectivity index (χ0) is 19.4. The van der Waals surface area contributed by atoms with Crippen LogP contribution in [0, 0.1) is 0 Å². The van der Waals surface area contributed by atoms with Gasteiger partial charge in [0.25, 0.3) is 5.91 Å². The number of hydrogen-bond donors (Lipinski definition) is 4. The van der Waals surface area contributed by atoms with Gasteiger partial charge in [0.2, 0.25) is 0 Å². The number of pyridine rings is 1. The number of hydrogen-bond acceptors (Lipinski definition) is 5. The molecule has 1 amide bonds. The molecule has 0 radical (unpaired) electrons. The first kappa shape index (κ1) is 17.2. The van der Waals surface area contributed by atoms with Crippen LogP contribution in [0.15, 0.2) is 41.3 Å². The van der Waals surface area contributed by atoms with E-state index in [9.17, 15) is 4.79 Å². The molecule has 1 unspecified atom stereocenters. The summed E-state index contributed by atoms with van der Waals surface area (Å²) in [6.07, 6.45) is 9.00. The van der Waals surface area contributed by atoms with Crippen LogP contribution in [-0.4, -0.2) is 46.0 Å². The third-order valence-corrected chi connectivity index (χ3v) is 6.10. The second kappa shape index (κ2) is 6.07. The first-order valence-electron chi connectivity index (χ1n) is 9.84. The van der Waals surface area contributed by atoms with E-state index in [1.807, 2.05) is 12.1 Å². The van der Waals surface area contributed by atoms with E-state index in [1.54, 1.807) is 17.2 Å². The Hall–Kier alpha value is -2.87. The number of β-lactam (4-membered cyclic amide) rings is 1. The Morgan fingerprint density at radius 2 is 2.21 bits per heavy atom. The Balaban J connectivity index is 1.39. The number of carbonyl (C=O) groups is 1. The lowest BCUT2D eigenvalue weighted by Gasteiger charge is -2.38. The molecule has 3 aliphatic heterocycles. The Kier molecular flexibility index (Phi) is 3.74. The number of aromatic nitrogens is 1. The van der Waals surface area contributed by atoms with Crippen molar-refractivity contribution in [1.29, 1.82) is 0 Å². The normalized spacial score (nSPS) is 28.5. The smallest absolute Gasteiger partial charge is 0.260 e. The molecule has 28 heavy (non-hydrogen) atoms. The number of aliphatic imine (C=N–C) groups is 1. The minimum Gasteiger partial charge on any atom is -0.341 e. The average Bonchev–Trinajstić information content (AvgIpc) is 3.32. The Morgan fingerprint density at radius 1 is 1.39 bits per heavy atom. The second-order valence-electron chi connectivity index (χ2n) is 8.14. The minimum absolute atomic E-state index is 0.0436. The number of guanidine groups is 1. The van der Waals surface area contributed by atoms with Crippen LogP contribution in [0.2, 0.25) is 0 Å². The highest BCUT2D eigenvalue weighted by atomic mass is 16.2. The molecule has 5 N–H and O–H groups in total. The molecular formula is C20H25N7O. The van der Waals surface area contributed by atoms with Crippen molar-refractivity contribution in [3.8, 4) is 0 Å². The minimum atomic E-state index is -0.411. The van der Waals surface area contributed by atoms with Crippen molar-refractivity contribution in [2.24, 2.45) is 10.7 Å². The van der Waals surface area contributed by atoms with Crippen molar-refractivity contribution >= 4 is 23.6 Å². The lowest BCUT2D eigenvalue weighted by atomic mass is 9.83. The van der Waals surface area contributed by atoms with Gasteiger partial charge in [0.1, 0.15) is 11.4 Å². The van der Waals surface area contributed by atoms with Crippen LogP contribution in [0.3, 0.4) is 0 Å². The van der Waals surface area contributed by atoms with E-state index < -0.39 is 5.66 Å². The number of nitrogens with one attached hydrogen (secondary N) is 3. The molecule has 8 heteroatoms. The van der Waals surface area contributed by atoms with Gasteiger partial charge in [-0.1, -0.05) is 25.8 Å². The summed E-state index contributed by atoms with van der Waals surface area (Å²) in [5.74, 6) is 1.38. The van der Waals surface area contributed by atoms with Crippen LogP contribution in [0.1, 0.15) is 37.8 Å². The van der Waals surface area contributed by atoms with E-state index in [0.717, 1.165) is 29.8 Å². The topological polar surface area (TPSA) is 107 Å². The molecule has 1 saturated carbocycles. The SMILES string of the molecule is C=Cc1cc(NC2=C3C(=O)N4CC34NC(=NCC3(N)CCCCC3)N2)ccn1. The summed E-state index contributed by atoms with van der Waals surface area (Å²) in [7, 11) is 0. The molecule has 0 bridgehead atoms. The average molecular weight is 379 g/mol. The molecule has 8 nitrogen and oxygen atoms in total. The fourth-order valence-electron chi connectivity index (χ4n) is 4.41. The summed E-state index contributed by atoms with van der Waals surface area (Å²) < 4.78 is 0. The summed E-state index contributed by atoms with van der Waals surface area (Å²) in [6, 6.07) is 3.75. The molecule has 1 aromatic rings. The van der Waals surface area contributed by atoms with Gasteiger partial charge in [-0.2, -0.15) is 0 Å². The third-order valence-electron chi connectivity index (χ3n) is 6.10.